The normalized spacial score (nSPS) is 10.1. The zero-order chi connectivity index (χ0) is 12.3. The van der Waals surface area contributed by atoms with E-state index in [1.54, 1.807) is 36.5 Å². The second-order valence-corrected chi connectivity index (χ2v) is 3.51. The van der Waals surface area contributed by atoms with Crippen LogP contribution in [0.5, 0.6) is 0 Å². The Kier molecular flexibility index (Phi) is 3.00. The number of aliphatic carboxylic acids is 1. The van der Waals surface area contributed by atoms with Gasteiger partial charge in [-0.2, -0.15) is 0 Å². The average molecular weight is 230 g/mol. The topological polar surface area (TPSA) is 72.2 Å². The maximum absolute atomic E-state index is 11.5. The van der Waals surface area contributed by atoms with Gasteiger partial charge in [-0.3, -0.25) is 9.36 Å². The zero-order valence-corrected chi connectivity index (χ0v) is 8.91. The van der Waals surface area contributed by atoms with E-state index >= 15 is 0 Å². The Hall–Kier alpha value is -2.43. The fraction of sp³-hybridized carbons (Fsp3) is 0.0833. The molecule has 0 aliphatic heterocycles. The second-order valence-electron chi connectivity index (χ2n) is 3.51. The van der Waals surface area contributed by atoms with Gasteiger partial charge in [-0.05, 0) is 23.8 Å². The molecule has 2 aromatic rings. The third-order valence-corrected chi connectivity index (χ3v) is 2.26. The first-order valence-electron chi connectivity index (χ1n) is 5.01. The van der Waals surface area contributed by atoms with Crippen LogP contribution in [0.15, 0.2) is 47.5 Å². The molecule has 0 unspecified atom stereocenters. The molecule has 5 nitrogen and oxygen atoms in total. The summed E-state index contributed by atoms with van der Waals surface area (Å²) in [5.41, 5.74) is 0.868. The Balaban J connectivity index is 2.43. The lowest BCUT2D eigenvalue weighted by Crippen LogP contribution is -2.19. The van der Waals surface area contributed by atoms with E-state index in [1.807, 2.05) is 0 Å². The molecule has 0 aliphatic rings. The highest BCUT2D eigenvalue weighted by atomic mass is 16.4. The molecule has 0 radical (unpaired) electrons. The molecule has 86 valence electrons. The molecule has 0 saturated heterocycles. The number of hydrogen-bond donors (Lipinski definition) is 1. The van der Waals surface area contributed by atoms with Crippen LogP contribution < -0.4 is 5.69 Å². The van der Waals surface area contributed by atoms with Gasteiger partial charge in [-0.1, -0.05) is 12.1 Å². The lowest BCUT2D eigenvalue weighted by atomic mass is 10.1. The van der Waals surface area contributed by atoms with E-state index in [-0.39, 0.29) is 12.1 Å². The van der Waals surface area contributed by atoms with Crippen LogP contribution in [-0.2, 0) is 11.2 Å². The Morgan fingerprint density at radius 2 is 2.18 bits per heavy atom. The summed E-state index contributed by atoms with van der Waals surface area (Å²) in [7, 11) is 0. The summed E-state index contributed by atoms with van der Waals surface area (Å²) in [6, 6.07) is 8.46. The van der Waals surface area contributed by atoms with E-state index in [1.165, 1.54) is 10.8 Å². The minimum Gasteiger partial charge on any atom is -0.481 e. The molecule has 2 rings (SSSR count). The molecule has 0 fully saturated rings. The van der Waals surface area contributed by atoms with Gasteiger partial charge in [0, 0.05) is 12.4 Å². The van der Waals surface area contributed by atoms with Crippen LogP contribution in [0.2, 0.25) is 0 Å². The predicted octanol–water partition coefficient (Wildman–Crippen LogP) is 0.860. The number of nitrogens with zero attached hydrogens (tertiary/aromatic N) is 2. The number of carboxylic acids is 1. The summed E-state index contributed by atoms with van der Waals surface area (Å²) >= 11 is 0. The molecule has 0 aliphatic carbocycles. The van der Waals surface area contributed by atoms with Crippen LogP contribution in [0, 0.1) is 0 Å². The third kappa shape index (κ3) is 2.57. The molecule has 0 amide bonds. The van der Waals surface area contributed by atoms with Gasteiger partial charge < -0.3 is 5.11 Å². The fourth-order valence-electron chi connectivity index (χ4n) is 1.54. The highest BCUT2D eigenvalue weighted by molar-refractivity contribution is 5.70. The molecule has 1 aromatic heterocycles. The Morgan fingerprint density at radius 1 is 1.35 bits per heavy atom. The number of rotatable bonds is 3. The minimum atomic E-state index is -0.902. The molecule has 0 atom stereocenters. The average Bonchev–Trinajstić information content (AvgIpc) is 2.29. The van der Waals surface area contributed by atoms with Gasteiger partial charge in [-0.25, -0.2) is 9.78 Å². The van der Waals surface area contributed by atoms with Crippen LogP contribution in [0.25, 0.3) is 5.69 Å². The fourth-order valence-corrected chi connectivity index (χ4v) is 1.54. The van der Waals surface area contributed by atoms with Crippen molar-refractivity contribution < 1.29 is 9.90 Å². The van der Waals surface area contributed by atoms with Crippen LogP contribution >= 0.6 is 0 Å². The van der Waals surface area contributed by atoms with E-state index in [9.17, 15) is 9.59 Å². The first-order valence-corrected chi connectivity index (χ1v) is 5.01. The largest absolute Gasteiger partial charge is 0.481 e. The van der Waals surface area contributed by atoms with Gasteiger partial charge >= 0.3 is 11.7 Å². The van der Waals surface area contributed by atoms with E-state index in [2.05, 4.69) is 4.98 Å². The lowest BCUT2D eigenvalue weighted by Gasteiger charge is -2.05. The van der Waals surface area contributed by atoms with Crippen LogP contribution in [0.1, 0.15) is 5.56 Å². The smallest absolute Gasteiger partial charge is 0.352 e. The summed E-state index contributed by atoms with van der Waals surface area (Å²) in [5, 5.41) is 8.70. The number of carboxylic acid groups (broad SMARTS) is 1. The van der Waals surface area contributed by atoms with E-state index in [0.29, 0.717) is 11.3 Å². The van der Waals surface area contributed by atoms with Crippen molar-refractivity contribution in [2.45, 2.75) is 6.42 Å². The number of carbonyl (C=O) groups is 1. The SMILES string of the molecule is O=C(O)Cc1cccc(-n2cccnc2=O)c1. The van der Waals surface area contributed by atoms with Crippen molar-refractivity contribution in [3.05, 3.63) is 58.8 Å². The monoisotopic (exact) mass is 230 g/mol. The first-order chi connectivity index (χ1) is 8.16. The summed E-state index contributed by atoms with van der Waals surface area (Å²) in [5.74, 6) is -0.902. The van der Waals surface area contributed by atoms with Gasteiger partial charge in [0.25, 0.3) is 0 Å². The minimum absolute atomic E-state index is 0.0666. The van der Waals surface area contributed by atoms with Crippen molar-refractivity contribution in [2.24, 2.45) is 0 Å². The molecular formula is C12H10N2O3. The van der Waals surface area contributed by atoms with E-state index in [4.69, 9.17) is 5.11 Å². The summed E-state index contributed by atoms with van der Waals surface area (Å²) < 4.78 is 1.37. The first kappa shape index (κ1) is 11.1. The second kappa shape index (κ2) is 4.61. The van der Waals surface area contributed by atoms with Gasteiger partial charge in [0.1, 0.15) is 0 Å². The molecule has 0 saturated carbocycles. The quantitative estimate of drug-likeness (QED) is 0.848. The molecule has 1 aromatic carbocycles. The number of hydrogen-bond acceptors (Lipinski definition) is 3. The van der Waals surface area contributed by atoms with Crippen LogP contribution in [0.3, 0.4) is 0 Å². The van der Waals surface area contributed by atoms with Gasteiger partial charge in [-0.15, -0.1) is 0 Å². The van der Waals surface area contributed by atoms with Crippen molar-refractivity contribution in [3.63, 3.8) is 0 Å². The molecular weight excluding hydrogens is 220 g/mol. The zero-order valence-electron chi connectivity index (χ0n) is 8.91. The number of benzene rings is 1. The highest BCUT2D eigenvalue weighted by Crippen LogP contribution is 2.09. The maximum atomic E-state index is 11.5. The summed E-state index contributed by atoms with van der Waals surface area (Å²) in [6.07, 6.45) is 2.94. The lowest BCUT2D eigenvalue weighted by molar-refractivity contribution is -0.136. The van der Waals surface area contributed by atoms with Gasteiger partial charge in [0.15, 0.2) is 0 Å². The predicted molar refractivity (Wildman–Crippen MR) is 61.2 cm³/mol. The van der Waals surface area contributed by atoms with Crippen molar-refractivity contribution in [3.8, 4) is 5.69 Å². The Labute approximate surface area is 97.0 Å². The van der Waals surface area contributed by atoms with Crippen molar-refractivity contribution >= 4 is 5.97 Å². The maximum Gasteiger partial charge on any atom is 0.352 e. The summed E-state index contributed by atoms with van der Waals surface area (Å²) in [4.78, 5) is 25.7. The van der Waals surface area contributed by atoms with Crippen LogP contribution in [0.4, 0.5) is 0 Å². The Morgan fingerprint density at radius 3 is 2.88 bits per heavy atom. The van der Waals surface area contributed by atoms with Crippen molar-refractivity contribution in [1.29, 1.82) is 0 Å². The molecule has 17 heavy (non-hydrogen) atoms. The highest BCUT2D eigenvalue weighted by Gasteiger charge is 2.03. The molecule has 1 heterocycles. The molecule has 5 heteroatoms. The molecule has 0 bridgehead atoms. The van der Waals surface area contributed by atoms with Crippen molar-refractivity contribution in [2.75, 3.05) is 0 Å². The van der Waals surface area contributed by atoms with Crippen molar-refractivity contribution in [1.82, 2.24) is 9.55 Å². The standard InChI is InChI=1S/C12H10N2O3/c15-11(16)8-9-3-1-4-10(7-9)14-6-2-5-13-12(14)17/h1-7H,8H2,(H,15,16). The number of aromatic nitrogens is 2. The Bertz CT molecular complexity index is 604. The van der Waals surface area contributed by atoms with E-state index < -0.39 is 5.97 Å². The van der Waals surface area contributed by atoms with E-state index in [0.717, 1.165) is 0 Å². The summed E-state index contributed by atoms with van der Waals surface area (Å²) in [6.45, 7) is 0. The molecule has 1 N–H and O–H groups in total. The van der Waals surface area contributed by atoms with Gasteiger partial charge in [0.2, 0.25) is 0 Å². The molecule has 0 spiro atoms. The third-order valence-electron chi connectivity index (χ3n) is 2.26. The van der Waals surface area contributed by atoms with Gasteiger partial charge in [0.05, 0.1) is 12.1 Å². The van der Waals surface area contributed by atoms with Crippen LogP contribution in [-0.4, -0.2) is 20.6 Å².